The van der Waals surface area contributed by atoms with Crippen LogP contribution in [0.4, 0.5) is 0 Å². The molecule has 0 saturated carbocycles. The van der Waals surface area contributed by atoms with Gasteiger partial charge in [-0.15, -0.1) is 0 Å². The first kappa shape index (κ1) is 21.0. The van der Waals surface area contributed by atoms with E-state index in [-0.39, 0.29) is 17.4 Å². The molecule has 2 aromatic carbocycles. The Kier molecular flexibility index (Phi) is 7.56. The number of benzene rings is 2. The Morgan fingerprint density at radius 1 is 1.04 bits per heavy atom. The molecule has 2 rings (SSSR count). The number of nitrogens with one attached hydrogen (secondary N) is 1. The number of para-hydroxylation sites is 1. The highest BCUT2D eigenvalue weighted by molar-refractivity contribution is 5.95. The summed E-state index contributed by atoms with van der Waals surface area (Å²) in [6.45, 7) is 3.10. The van der Waals surface area contributed by atoms with E-state index >= 15 is 0 Å². The normalized spacial score (nSPS) is 11.4. The summed E-state index contributed by atoms with van der Waals surface area (Å²) in [5, 5.41) is 2.84. The molecule has 2 aromatic rings. The Hall–Kier alpha value is -3.35. The van der Waals surface area contributed by atoms with Gasteiger partial charge < -0.3 is 20.5 Å². The Labute approximate surface area is 163 Å². The van der Waals surface area contributed by atoms with Crippen molar-refractivity contribution in [3.63, 3.8) is 0 Å². The molecule has 7 heteroatoms. The van der Waals surface area contributed by atoms with Crippen LogP contribution in [-0.4, -0.2) is 31.0 Å². The number of carbonyl (C=O) groups excluding carboxylic acids is 3. The van der Waals surface area contributed by atoms with E-state index in [4.69, 9.17) is 15.2 Å². The van der Waals surface area contributed by atoms with Gasteiger partial charge in [0.15, 0.2) is 13.2 Å². The highest BCUT2D eigenvalue weighted by atomic mass is 16.6. The smallest absolute Gasteiger partial charge is 0.344 e. The summed E-state index contributed by atoms with van der Waals surface area (Å²) in [5.74, 6) is -1.61. The fourth-order valence-corrected chi connectivity index (χ4v) is 2.58. The summed E-state index contributed by atoms with van der Waals surface area (Å²) in [6, 6.07) is 14.0. The molecule has 3 N–H and O–H groups in total. The molecule has 0 saturated heterocycles. The fraction of sp³-hybridized carbons (Fsp3) is 0.286. The number of aryl methyl sites for hydroxylation is 1. The number of amides is 2. The number of carbonyl (C=O) groups is 3. The van der Waals surface area contributed by atoms with E-state index in [2.05, 4.69) is 5.32 Å². The van der Waals surface area contributed by atoms with E-state index in [9.17, 15) is 14.4 Å². The number of hydrogen-bond acceptors (Lipinski definition) is 5. The first-order valence-electron chi connectivity index (χ1n) is 8.94. The first-order chi connectivity index (χ1) is 13.4. The lowest BCUT2D eigenvalue weighted by molar-refractivity contribution is -0.150. The summed E-state index contributed by atoms with van der Waals surface area (Å²) in [4.78, 5) is 35.2. The summed E-state index contributed by atoms with van der Waals surface area (Å²) in [7, 11) is 0. The molecule has 0 aromatic heterocycles. The molecule has 0 unspecified atom stereocenters. The molecule has 0 heterocycles. The third kappa shape index (κ3) is 6.12. The van der Waals surface area contributed by atoms with Gasteiger partial charge in [0.1, 0.15) is 5.75 Å². The van der Waals surface area contributed by atoms with Crippen molar-refractivity contribution in [2.75, 3.05) is 13.2 Å². The molecule has 28 heavy (non-hydrogen) atoms. The molecule has 0 aliphatic heterocycles. The minimum atomic E-state index is -0.724. The Morgan fingerprint density at radius 2 is 1.71 bits per heavy atom. The highest BCUT2D eigenvalue weighted by Gasteiger charge is 2.15. The number of rotatable bonds is 9. The van der Waals surface area contributed by atoms with Gasteiger partial charge in [0.05, 0.1) is 11.6 Å². The van der Waals surface area contributed by atoms with Crippen molar-refractivity contribution >= 4 is 17.8 Å². The van der Waals surface area contributed by atoms with Gasteiger partial charge in [-0.25, -0.2) is 4.79 Å². The maximum absolute atomic E-state index is 12.1. The average molecular weight is 384 g/mol. The maximum atomic E-state index is 12.1. The van der Waals surface area contributed by atoms with Crippen LogP contribution in [0.2, 0.25) is 0 Å². The maximum Gasteiger partial charge on any atom is 0.344 e. The van der Waals surface area contributed by atoms with Gasteiger partial charge in [0.2, 0.25) is 0 Å². The van der Waals surface area contributed by atoms with Gasteiger partial charge in [-0.2, -0.15) is 0 Å². The molecule has 0 spiro atoms. The minimum absolute atomic E-state index is 0.162. The van der Waals surface area contributed by atoms with Crippen LogP contribution in [0.5, 0.6) is 5.75 Å². The summed E-state index contributed by atoms with van der Waals surface area (Å²) in [6.07, 6.45) is 0.704. The van der Waals surface area contributed by atoms with Gasteiger partial charge >= 0.3 is 5.97 Å². The van der Waals surface area contributed by atoms with Gasteiger partial charge in [-0.05, 0) is 31.0 Å². The van der Waals surface area contributed by atoms with Crippen molar-refractivity contribution in [1.29, 1.82) is 0 Å². The molecular weight excluding hydrogens is 360 g/mol. The molecular formula is C21H24N2O5. The first-order valence-corrected chi connectivity index (χ1v) is 8.94. The van der Waals surface area contributed by atoms with E-state index in [1.807, 2.05) is 38.1 Å². The quantitative estimate of drug-likeness (QED) is 0.645. The zero-order valence-electron chi connectivity index (χ0n) is 15.9. The Morgan fingerprint density at radius 3 is 2.36 bits per heavy atom. The van der Waals surface area contributed by atoms with Crippen LogP contribution < -0.4 is 15.8 Å². The lowest BCUT2D eigenvalue weighted by Crippen LogP contribution is -2.33. The molecule has 0 aliphatic rings. The van der Waals surface area contributed by atoms with Crippen molar-refractivity contribution in [1.82, 2.24) is 5.32 Å². The lowest BCUT2D eigenvalue weighted by Gasteiger charge is -2.17. The van der Waals surface area contributed by atoms with Crippen molar-refractivity contribution in [2.24, 2.45) is 5.73 Å². The summed E-state index contributed by atoms with van der Waals surface area (Å²) in [5.41, 5.74) is 7.53. The molecule has 7 nitrogen and oxygen atoms in total. The minimum Gasteiger partial charge on any atom is -0.481 e. The average Bonchev–Trinajstić information content (AvgIpc) is 2.69. The van der Waals surface area contributed by atoms with Crippen molar-refractivity contribution < 1.29 is 23.9 Å². The molecule has 148 valence electrons. The van der Waals surface area contributed by atoms with Crippen molar-refractivity contribution in [3.05, 3.63) is 65.2 Å². The topological polar surface area (TPSA) is 108 Å². The molecule has 0 bridgehead atoms. The molecule has 0 radical (unpaired) electrons. The predicted octanol–water partition coefficient (Wildman–Crippen LogP) is 2.28. The van der Waals surface area contributed by atoms with Crippen LogP contribution in [0.3, 0.4) is 0 Å². The van der Waals surface area contributed by atoms with Crippen LogP contribution in [-0.2, 0) is 14.3 Å². The van der Waals surface area contributed by atoms with Gasteiger partial charge in [0.25, 0.3) is 11.8 Å². The predicted molar refractivity (Wildman–Crippen MR) is 104 cm³/mol. The molecule has 1 atom stereocenters. The number of ether oxygens (including phenoxy) is 2. The second-order valence-corrected chi connectivity index (χ2v) is 6.25. The van der Waals surface area contributed by atoms with Gasteiger partial charge in [-0.1, -0.05) is 48.9 Å². The highest BCUT2D eigenvalue weighted by Crippen LogP contribution is 2.18. The van der Waals surface area contributed by atoms with Gasteiger partial charge in [-0.3, -0.25) is 9.59 Å². The molecule has 0 fully saturated rings. The van der Waals surface area contributed by atoms with Crippen LogP contribution in [0, 0.1) is 6.92 Å². The SMILES string of the molecule is CC[C@H](NC(=O)COC(=O)COc1ccccc1C(N)=O)c1ccc(C)cc1. The van der Waals surface area contributed by atoms with Crippen LogP contribution in [0.25, 0.3) is 0 Å². The van der Waals surface area contributed by atoms with E-state index in [1.54, 1.807) is 12.1 Å². The zero-order valence-corrected chi connectivity index (χ0v) is 15.9. The number of nitrogens with two attached hydrogens (primary N) is 1. The Bertz CT molecular complexity index is 833. The standard InChI is InChI=1S/C21H24N2O5/c1-3-17(15-10-8-14(2)9-11-15)23-19(24)12-28-20(25)13-27-18-7-5-4-6-16(18)21(22)26/h4-11,17H,3,12-13H2,1-2H3,(H2,22,26)(H,23,24)/t17-/m0/s1. The van der Waals surface area contributed by atoms with E-state index in [0.29, 0.717) is 6.42 Å². The summed E-state index contributed by atoms with van der Waals surface area (Å²) >= 11 is 0. The Balaban J connectivity index is 1.81. The van der Waals surface area contributed by atoms with Gasteiger partial charge in [0, 0.05) is 0 Å². The third-order valence-corrected chi connectivity index (χ3v) is 4.09. The monoisotopic (exact) mass is 384 g/mol. The second-order valence-electron chi connectivity index (χ2n) is 6.25. The fourth-order valence-electron chi connectivity index (χ4n) is 2.58. The van der Waals surface area contributed by atoms with Crippen LogP contribution in [0.1, 0.15) is 40.9 Å². The molecule has 2 amide bonds. The second kappa shape index (κ2) is 10.1. The largest absolute Gasteiger partial charge is 0.481 e. The van der Waals surface area contributed by atoms with E-state index in [0.717, 1.165) is 11.1 Å². The van der Waals surface area contributed by atoms with E-state index < -0.39 is 31.0 Å². The van der Waals surface area contributed by atoms with Crippen molar-refractivity contribution in [2.45, 2.75) is 26.3 Å². The number of hydrogen-bond donors (Lipinski definition) is 2. The summed E-state index contributed by atoms with van der Waals surface area (Å²) < 4.78 is 10.2. The zero-order chi connectivity index (χ0) is 20.5. The lowest BCUT2D eigenvalue weighted by atomic mass is 10.0. The molecule has 0 aliphatic carbocycles. The van der Waals surface area contributed by atoms with E-state index in [1.165, 1.54) is 12.1 Å². The number of primary amides is 1. The van der Waals surface area contributed by atoms with Crippen LogP contribution >= 0.6 is 0 Å². The van der Waals surface area contributed by atoms with Crippen molar-refractivity contribution in [3.8, 4) is 5.75 Å². The number of esters is 1. The third-order valence-electron chi connectivity index (χ3n) is 4.09. The van der Waals surface area contributed by atoms with Crippen LogP contribution in [0.15, 0.2) is 48.5 Å².